The molecule has 4 aromatic rings. The summed E-state index contributed by atoms with van der Waals surface area (Å²) in [5.41, 5.74) is 5.97. The lowest BCUT2D eigenvalue weighted by Crippen LogP contribution is -2.17. The van der Waals surface area contributed by atoms with Crippen LogP contribution in [-0.4, -0.2) is 46.1 Å². The van der Waals surface area contributed by atoms with Gasteiger partial charge in [0.25, 0.3) is 0 Å². The van der Waals surface area contributed by atoms with Gasteiger partial charge in [-0.15, -0.1) is 35.6 Å². The SMILES string of the molecule is C.CC1(C)COC(c2ncccc2CCc2cccc(Cl)c2)=N1.Cc1cccnc1C1=NC(C)(C)CO1.ClCc1cccc(Cl)c1.I.II. The second-order valence-electron chi connectivity index (χ2n) is 12.1. The zero-order valence-electron chi connectivity index (χ0n) is 27.5. The van der Waals surface area contributed by atoms with Crippen molar-refractivity contribution in [3.63, 3.8) is 0 Å². The number of hydrogen-bond donors (Lipinski definition) is 0. The highest BCUT2D eigenvalue weighted by Gasteiger charge is 2.29. The lowest BCUT2D eigenvalue weighted by Gasteiger charge is -2.08. The number of alkyl halides is 1. The molecule has 2 aliphatic rings. The summed E-state index contributed by atoms with van der Waals surface area (Å²) < 4.78 is 11.3. The fourth-order valence-electron chi connectivity index (χ4n) is 4.55. The average molecular weight is 1060 g/mol. The van der Waals surface area contributed by atoms with Crippen LogP contribution in [0.1, 0.15) is 68.8 Å². The van der Waals surface area contributed by atoms with Crippen LogP contribution in [0, 0.1) is 6.92 Å². The Bertz CT molecular complexity index is 1670. The molecule has 2 aromatic heterocycles. The van der Waals surface area contributed by atoms with Crippen LogP contribution in [0.3, 0.4) is 0 Å². The normalized spacial score (nSPS) is 14.6. The van der Waals surface area contributed by atoms with Gasteiger partial charge in [-0.05, 0) is 106 Å². The van der Waals surface area contributed by atoms with Crippen molar-refractivity contribution in [3.8, 4) is 0 Å². The summed E-state index contributed by atoms with van der Waals surface area (Å²) in [6.45, 7) is 11.5. The van der Waals surface area contributed by atoms with Gasteiger partial charge in [0.15, 0.2) is 0 Å². The molecule has 0 amide bonds. The average Bonchev–Trinajstić information content (AvgIpc) is 3.62. The number of aromatic nitrogens is 2. The minimum absolute atomic E-state index is 0. The van der Waals surface area contributed by atoms with Gasteiger partial charge >= 0.3 is 0 Å². The van der Waals surface area contributed by atoms with Crippen molar-refractivity contribution in [1.29, 1.82) is 0 Å². The zero-order chi connectivity index (χ0) is 34.5. The maximum atomic E-state index is 6.04. The van der Waals surface area contributed by atoms with Crippen molar-refractivity contribution in [2.75, 3.05) is 13.2 Å². The lowest BCUT2D eigenvalue weighted by atomic mass is 10.0. The topological polar surface area (TPSA) is 69.0 Å². The van der Waals surface area contributed by atoms with Crippen LogP contribution in [-0.2, 0) is 28.2 Å². The lowest BCUT2D eigenvalue weighted by molar-refractivity contribution is 0.279. The Morgan fingerprint density at radius 2 is 1.18 bits per heavy atom. The predicted octanol–water partition coefficient (Wildman–Crippen LogP) is 12.1. The van der Waals surface area contributed by atoms with E-state index >= 15 is 0 Å². The summed E-state index contributed by atoms with van der Waals surface area (Å²) in [4.78, 5) is 17.9. The van der Waals surface area contributed by atoms with Gasteiger partial charge in [0, 0.05) is 65.6 Å². The molecule has 6 rings (SSSR count). The number of rotatable bonds is 6. The molecule has 2 aliphatic heterocycles. The number of aliphatic imine (C=N–C) groups is 2. The summed E-state index contributed by atoms with van der Waals surface area (Å²) in [6, 6.07) is 23.5. The van der Waals surface area contributed by atoms with Crippen LogP contribution in [0.2, 0.25) is 10.0 Å². The number of benzene rings is 2. The summed E-state index contributed by atoms with van der Waals surface area (Å²) in [7, 11) is 0. The Balaban J connectivity index is 0.000000383. The molecule has 0 saturated heterocycles. The van der Waals surface area contributed by atoms with Crippen LogP contribution in [0.25, 0.3) is 0 Å². The molecule has 0 fully saturated rings. The van der Waals surface area contributed by atoms with Crippen LogP contribution < -0.4 is 0 Å². The molecule has 0 bridgehead atoms. The van der Waals surface area contributed by atoms with Crippen LogP contribution >= 0.6 is 96.0 Å². The van der Waals surface area contributed by atoms with E-state index in [0.717, 1.165) is 51.0 Å². The van der Waals surface area contributed by atoms with Gasteiger partial charge in [0.1, 0.15) is 24.6 Å². The summed E-state index contributed by atoms with van der Waals surface area (Å²) >= 11 is 21.5. The van der Waals surface area contributed by atoms with Gasteiger partial charge in [0.05, 0.1) is 11.1 Å². The highest BCUT2D eigenvalue weighted by molar-refractivity contribution is 15.0. The second-order valence-corrected chi connectivity index (χ2v) is 13.2. The molecule has 0 unspecified atom stereocenters. The highest BCUT2D eigenvalue weighted by atomic mass is 128. The summed E-state index contributed by atoms with van der Waals surface area (Å²) in [5, 5.41) is 1.52. The number of aryl methyl sites for hydroxylation is 3. The van der Waals surface area contributed by atoms with Crippen molar-refractivity contribution < 1.29 is 9.47 Å². The third-order valence-electron chi connectivity index (χ3n) is 6.85. The van der Waals surface area contributed by atoms with Gasteiger partial charge in [0.2, 0.25) is 11.8 Å². The predicted molar refractivity (Wildman–Crippen MR) is 236 cm³/mol. The molecule has 12 heteroatoms. The first kappa shape index (κ1) is 45.8. The first-order chi connectivity index (χ1) is 22.4. The summed E-state index contributed by atoms with van der Waals surface area (Å²) in [6.07, 6.45) is 5.34. The third-order valence-corrected chi connectivity index (χ3v) is 7.63. The van der Waals surface area contributed by atoms with E-state index < -0.39 is 0 Å². The van der Waals surface area contributed by atoms with Crippen molar-refractivity contribution >= 4 is 108 Å². The van der Waals surface area contributed by atoms with E-state index in [1.807, 2.05) is 67.6 Å². The van der Waals surface area contributed by atoms with Gasteiger partial charge in [-0.25, -0.2) is 9.98 Å². The quantitative estimate of drug-likeness (QED) is 0.143. The molecule has 0 aliphatic carbocycles. The number of hydrogen-bond acceptors (Lipinski definition) is 6. The van der Waals surface area contributed by atoms with Gasteiger partial charge < -0.3 is 9.47 Å². The Hall–Kier alpha value is -1.26. The van der Waals surface area contributed by atoms with Crippen LogP contribution in [0.5, 0.6) is 0 Å². The zero-order valence-corrected chi connectivity index (χ0v) is 36.4. The van der Waals surface area contributed by atoms with Crippen LogP contribution in [0.4, 0.5) is 0 Å². The van der Waals surface area contributed by atoms with E-state index in [2.05, 4.69) is 97.0 Å². The number of pyridine rings is 2. The molecule has 4 heterocycles. The molecule has 0 radical (unpaired) electrons. The number of nitrogens with zero attached hydrogens (tertiary/aromatic N) is 4. The Labute approximate surface area is 347 Å². The fraction of sp³-hybridized carbons (Fsp3) is 0.351. The molecular formula is C37H44Cl3I3N4O2. The molecule has 0 atom stereocenters. The van der Waals surface area contributed by atoms with Gasteiger partial charge in [-0.2, -0.15) is 0 Å². The molecule has 0 N–H and O–H groups in total. The largest absolute Gasteiger partial charge is 0.474 e. The van der Waals surface area contributed by atoms with E-state index in [9.17, 15) is 0 Å². The Kier molecular flexibility index (Phi) is 21.1. The monoisotopic (exact) mass is 1060 g/mol. The number of halogens is 6. The second kappa shape index (κ2) is 22.6. The van der Waals surface area contributed by atoms with Crippen LogP contribution in [0.15, 0.2) is 95.2 Å². The minimum atomic E-state index is -0.170. The minimum Gasteiger partial charge on any atom is -0.474 e. The van der Waals surface area contributed by atoms with E-state index in [-0.39, 0.29) is 42.5 Å². The molecule has 2 aromatic carbocycles. The first-order valence-corrected chi connectivity index (χ1v) is 22.5. The molecule has 0 saturated carbocycles. The standard InChI is InChI=1S/C18H19ClN2O.C11H14N2O.C7H6Cl2.CH4.I2.HI/c1-18(2)12-22-17(21-18)16-14(6-4-10-20-16)9-8-13-5-3-7-15(19)11-13;1-8-5-4-6-12-9(8)10-13-11(2,3)7-14-10;8-5-6-2-1-3-7(9)4-6;;1-2;/h3-7,10-11H,8-9,12H2,1-2H3;4-6H,7H2,1-3H3;1-4H,5H2;1H4;;1H. The van der Waals surface area contributed by atoms with Crippen molar-refractivity contribution in [2.24, 2.45) is 9.98 Å². The molecule has 266 valence electrons. The van der Waals surface area contributed by atoms with E-state index in [0.29, 0.717) is 30.9 Å². The molecule has 49 heavy (non-hydrogen) atoms. The summed E-state index contributed by atoms with van der Waals surface area (Å²) in [5.74, 6) is 1.86. The maximum absolute atomic E-state index is 6.04. The smallest absolute Gasteiger partial charge is 0.236 e. The first-order valence-electron chi connectivity index (χ1n) is 15.0. The highest BCUT2D eigenvalue weighted by Crippen LogP contribution is 2.23. The Morgan fingerprint density at radius 1 is 0.694 bits per heavy atom. The van der Waals surface area contributed by atoms with E-state index in [1.165, 1.54) is 5.56 Å². The molecule has 6 nitrogen and oxygen atoms in total. The van der Waals surface area contributed by atoms with Crippen molar-refractivity contribution in [1.82, 2.24) is 9.97 Å². The van der Waals surface area contributed by atoms with Gasteiger partial charge in [-0.3, -0.25) is 9.97 Å². The third kappa shape index (κ3) is 15.5. The number of ether oxygens (including phenoxy) is 2. The Morgan fingerprint density at radius 3 is 1.65 bits per heavy atom. The van der Waals surface area contributed by atoms with Gasteiger partial charge in [-0.1, -0.05) is 67.0 Å². The van der Waals surface area contributed by atoms with E-state index in [4.69, 9.17) is 44.3 Å². The molecule has 0 spiro atoms. The fourth-order valence-corrected chi connectivity index (χ4v) is 5.14. The maximum Gasteiger partial charge on any atom is 0.236 e. The van der Waals surface area contributed by atoms with Crippen molar-refractivity contribution in [3.05, 3.63) is 129 Å². The van der Waals surface area contributed by atoms with E-state index in [1.54, 1.807) is 12.4 Å². The molecular weight excluding hydrogens is 1020 g/mol. The van der Waals surface area contributed by atoms with Crippen molar-refractivity contribution in [2.45, 2.75) is 71.8 Å².